The zero-order valence-electron chi connectivity index (χ0n) is 9.48. The number of benzene rings is 1. The lowest BCUT2D eigenvalue weighted by Gasteiger charge is -2.08. The van der Waals surface area contributed by atoms with E-state index in [0.29, 0.717) is 15.7 Å². The molecule has 3 nitrogen and oxygen atoms in total. The molecule has 0 bridgehead atoms. The number of aromatic nitrogens is 1. The standard InChI is InChI=1S/C13H9Cl2NO2/c1-18-13(17)11-10(15)6-7-16-12(11)8-2-4-9(14)5-3-8/h2-7H,1H3. The van der Waals surface area contributed by atoms with E-state index in [1.165, 1.54) is 7.11 Å². The number of hydrogen-bond donors (Lipinski definition) is 0. The molecule has 0 aliphatic heterocycles. The quantitative estimate of drug-likeness (QED) is 0.785. The van der Waals surface area contributed by atoms with E-state index in [-0.39, 0.29) is 5.56 Å². The number of halogens is 2. The summed E-state index contributed by atoms with van der Waals surface area (Å²) in [5.41, 5.74) is 1.48. The van der Waals surface area contributed by atoms with Crippen LogP contribution in [0, 0.1) is 0 Å². The van der Waals surface area contributed by atoms with Crippen LogP contribution in [0.5, 0.6) is 0 Å². The highest BCUT2D eigenvalue weighted by atomic mass is 35.5. The SMILES string of the molecule is COC(=O)c1c(Cl)ccnc1-c1ccc(Cl)cc1. The van der Waals surface area contributed by atoms with Gasteiger partial charge in [-0.05, 0) is 18.2 Å². The van der Waals surface area contributed by atoms with Crippen LogP contribution in [-0.2, 0) is 4.74 Å². The molecule has 0 spiro atoms. The molecule has 0 atom stereocenters. The van der Waals surface area contributed by atoms with Crippen molar-refractivity contribution in [1.29, 1.82) is 0 Å². The Kier molecular flexibility index (Phi) is 3.84. The van der Waals surface area contributed by atoms with E-state index in [2.05, 4.69) is 4.98 Å². The molecule has 1 aromatic carbocycles. The summed E-state index contributed by atoms with van der Waals surface area (Å²) < 4.78 is 4.71. The number of carbonyl (C=O) groups is 1. The molecule has 2 aromatic rings. The van der Waals surface area contributed by atoms with Crippen LogP contribution in [0.3, 0.4) is 0 Å². The first-order chi connectivity index (χ1) is 8.63. The van der Waals surface area contributed by atoms with Gasteiger partial charge in [-0.1, -0.05) is 35.3 Å². The van der Waals surface area contributed by atoms with Crippen molar-refractivity contribution < 1.29 is 9.53 Å². The Labute approximate surface area is 114 Å². The zero-order chi connectivity index (χ0) is 13.1. The van der Waals surface area contributed by atoms with Gasteiger partial charge in [0.15, 0.2) is 0 Å². The molecule has 0 radical (unpaired) electrons. The van der Waals surface area contributed by atoms with Crippen LogP contribution in [-0.4, -0.2) is 18.1 Å². The fourth-order valence-electron chi connectivity index (χ4n) is 1.56. The van der Waals surface area contributed by atoms with Crippen LogP contribution in [0.2, 0.25) is 10.0 Å². The molecule has 0 aliphatic rings. The Hall–Kier alpha value is -1.58. The van der Waals surface area contributed by atoms with Crippen LogP contribution >= 0.6 is 23.2 Å². The number of carbonyl (C=O) groups excluding carboxylic acids is 1. The van der Waals surface area contributed by atoms with E-state index >= 15 is 0 Å². The second-order valence-corrected chi connectivity index (χ2v) is 4.36. The fraction of sp³-hybridized carbons (Fsp3) is 0.0769. The van der Waals surface area contributed by atoms with E-state index in [1.54, 1.807) is 36.5 Å². The van der Waals surface area contributed by atoms with Crippen molar-refractivity contribution >= 4 is 29.2 Å². The Balaban J connectivity index is 2.60. The minimum atomic E-state index is -0.516. The molecule has 1 heterocycles. The normalized spacial score (nSPS) is 10.2. The molecule has 0 fully saturated rings. The lowest BCUT2D eigenvalue weighted by molar-refractivity contribution is 0.0601. The van der Waals surface area contributed by atoms with Gasteiger partial charge in [-0.2, -0.15) is 0 Å². The molecular formula is C13H9Cl2NO2. The van der Waals surface area contributed by atoms with Crippen molar-refractivity contribution in [1.82, 2.24) is 4.98 Å². The maximum absolute atomic E-state index is 11.7. The van der Waals surface area contributed by atoms with Crippen LogP contribution in [0.25, 0.3) is 11.3 Å². The Bertz CT molecular complexity index is 582. The number of hydrogen-bond acceptors (Lipinski definition) is 3. The lowest BCUT2D eigenvalue weighted by atomic mass is 10.1. The van der Waals surface area contributed by atoms with Crippen molar-refractivity contribution in [2.24, 2.45) is 0 Å². The van der Waals surface area contributed by atoms with Crippen LogP contribution in [0.4, 0.5) is 0 Å². The molecule has 0 N–H and O–H groups in total. The molecule has 92 valence electrons. The molecule has 0 saturated carbocycles. The fourth-order valence-corrected chi connectivity index (χ4v) is 1.91. The molecule has 2 rings (SSSR count). The minimum Gasteiger partial charge on any atom is -0.465 e. The molecule has 0 unspecified atom stereocenters. The molecular weight excluding hydrogens is 273 g/mol. The maximum Gasteiger partial charge on any atom is 0.341 e. The van der Waals surface area contributed by atoms with Gasteiger partial charge in [0.25, 0.3) is 0 Å². The third kappa shape index (κ3) is 2.47. The second-order valence-electron chi connectivity index (χ2n) is 3.51. The van der Waals surface area contributed by atoms with Gasteiger partial charge in [-0.15, -0.1) is 0 Å². The van der Waals surface area contributed by atoms with Crippen LogP contribution in [0.1, 0.15) is 10.4 Å². The van der Waals surface area contributed by atoms with Crippen molar-refractivity contribution in [2.75, 3.05) is 7.11 Å². The minimum absolute atomic E-state index is 0.254. The number of ether oxygens (including phenoxy) is 1. The van der Waals surface area contributed by atoms with Gasteiger partial charge in [-0.25, -0.2) is 4.79 Å². The van der Waals surface area contributed by atoms with E-state index in [1.807, 2.05) is 0 Å². The molecule has 18 heavy (non-hydrogen) atoms. The predicted octanol–water partition coefficient (Wildman–Crippen LogP) is 3.84. The first kappa shape index (κ1) is 12.9. The third-order valence-electron chi connectivity index (χ3n) is 2.41. The Morgan fingerprint density at radius 2 is 1.83 bits per heavy atom. The van der Waals surface area contributed by atoms with Gasteiger partial charge in [0.1, 0.15) is 5.56 Å². The Morgan fingerprint density at radius 3 is 2.44 bits per heavy atom. The van der Waals surface area contributed by atoms with Crippen molar-refractivity contribution in [2.45, 2.75) is 0 Å². The first-order valence-corrected chi connectivity index (χ1v) is 5.88. The van der Waals surface area contributed by atoms with Crippen molar-refractivity contribution in [3.63, 3.8) is 0 Å². The van der Waals surface area contributed by atoms with E-state index in [4.69, 9.17) is 27.9 Å². The summed E-state index contributed by atoms with van der Waals surface area (Å²) in [6.45, 7) is 0. The summed E-state index contributed by atoms with van der Waals surface area (Å²) in [6, 6.07) is 8.54. The average Bonchev–Trinajstić information content (AvgIpc) is 2.38. The maximum atomic E-state index is 11.7. The number of esters is 1. The highest BCUT2D eigenvalue weighted by Crippen LogP contribution is 2.28. The van der Waals surface area contributed by atoms with E-state index < -0.39 is 5.97 Å². The summed E-state index contributed by atoms with van der Waals surface area (Å²) in [7, 11) is 1.30. The van der Waals surface area contributed by atoms with Crippen LogP contribution < -0.4 is 0 Å². The molecule has 1 aromatic heterocycles. The van der Waals surface area contributed by atoms with Gasteiger partial charge < -0.3 is 4.74 Å². The first-order valence-electron chi connectivity index (χ1n) is 5.12. The Morgan fingerprint density at radius 1 is 1.17 bits per heavy atom. The van der Waals surface area contributed by atoms with Gasteiger partial charge >= 0.3 is 5.97 Å². The molecule has 0 saturated heterocycles. The summed E-state index contributed by atoms with van der Waals surface area (Å²) >= 11 is 11.8. The summed E-state index contributed by atoms with van der Waals surface area (Å²) in [5, 5.41) is 0.919. The van der Waals surface area contributed by atoms with Crippen molar-refractivity contribution in [3.8, 4) is 11.3 Å². The largest absolute Gasteiger partial charge is 0.465 e. The average molecular weight is 282 g/mol. The van der Waals surface area contributed by atoms with Gasteiger partial charge in [0.05, 0.1) is 17.8 Å². The van der Waals surface area contributed by atoms with E-state index in [9.17, 15) is 4.79 Å². The van der Waals surface area contributed by atoms with Gasteiger partial charge in [0.2, 0.25) is 0 Å². The zero-order valence-corrected chi connectivity index (χ0v) is 11.0. The summed E-state index contributed by atoms with van der Waals surface area (Å²) in [6.07, 6.45) is 1.54. The highest BCUT2D eigenvalue weighted by molar-refractivity contribution is 6.34. The smallest absolute Gasteiger partial charge is 0.341 e. The number of methoxy groups -OCH3 is 1. The lowest BCUT2D eigenvalue weighted by Crippen LogP contribution is -2.06. The van der Waals surface area contributed by atoms with E-state index in [0.717, 1.165) is 5.56 Å². The van der Waals surface area contributed by atoms with Gasteiger partial charge in [-0.3, -0.25) is 4.98 Å². The predicted molar refractivity (Wildman–Crippen MR) is 71.0 cm³/mol. The van der Waals surface area contributed by atoms with Gasteiger partial charge in [0, 0.05) is 16.8 Å². The summed E-state index contributed by atoms with van der Waals surface area (Å²) in [5.74, 6) is -0.516. The number of pyridine rings is 1. The summed E-state index contributed by atoms with van der Waals surface area (Å²) in [4.78, 5) is 15.9. The number of nitrogens with zero attached hydrogens (tertiary/aromatic N) is 1. The molecule has 5 heteroatoms. The highest BCUT2D eigenvalue weighted by Gasteiger charge is 2.18. The third-order valence-corrected chi connectivity index (χ3v) is 2.97. The molecule has 0 amide bonds. The topological polar surface area (TPSA) is 39.2 Å². The monoisotopic (exact) mass is 281 g/mol. The second kappa shape index (κ2) is 5.38. The van der Waals surface area contributed by atoms with Crippen molar-refractivity contribution in [3.05, 3.63) is 52.1 Å². The number of rotatable bonds is 2. The molecule has 0 aliphatic carbocycles. The van der Waals surface area contributed by atoms with Crippen LogP contribution in [0.15, 0.2) is 36.5 Å².